The maximum Gasteiger partial charge on any atom is 0.303 e. The number of halogens is 2. The van der Waals surface area contributed by atoms with Crippen molar-refractivity contribution in [2.75, 3.05) is 0 Å². The molecule has 3 N–H and O–H groups in total. The summed E-state index contributed by atoms with van der Waals surface area (Å²) in [7, 11) is 0. The zero-order valence-corrected chi connectivity index (χ0v) is 9.01. The highest BCUT2D eigenvalue weighted by molar-refractivity contribution is 6.38. The van der Waals surface area contributed by atoms with Gasteiger partial charge in [0.25, 0.3) is 0 Å². The number of rotatable bonds is 3. The number of aliphatic carboxylic acids is 1. The summed E-state index contributed by atoms with van der Waals surface area (Å²) in [5.74, 6) is -1.74. The first kappa shape index (κ1) is 11.9. The first-order valence-electron chi connectivity index (χ1n) is 4.04. The Morgan fingerprint density at radius 3 is 2.40 bits per heavy atom. The third kappa shape index (κ3) is 2.67. The Morgan fingerprint density at radius 1 is 1.27 bits per heavy atom. The van der Waals surface area contributed by atoms with Gasteiger partial charge < -0.3 is 15.3 Å². The molecule has 0 radical (unpaired) electrons. The predicted octanol–water partition coefficient (Wildman–Crippen LogP) is 2.42. The molecule has 0 fully saturated rings. The number of hydrogen-bond donors (Lipinski definition) is 3. The highest BCUT2D eigenvalue weighted by Crippen LogP contribution is 2.41. The molecular formula is C9H8Cl2O4. The molecule has 0 aliphatic rings. The Balaban J connectivity index is 3.04. The molecule has 82 valence electrons. The summed E-state index contributed by atoms with van der Waals surface area (Å²) < 4.78 is 0. The van der Waals surface area contributed by atoms with E-state index >= 15 is 0 Å². The summed E-state index contributed by atoms with van der Waals surface area (Å²) in [4.78, 5) is 10.3. The first-order chi connectivity index (χ1) is 6.93. The van der Waals surface area contributed by atoms with Crippen molar-refractivity contribution in [2.45, 2.75) is 12.8 Å². The van der Waals surface area contributed by atoms with Gasteiger partial charge in [0.15, 0.2) is 5.75 Å². The molecule has 15 heavy (non-hydrogen) atoms. The smallest absolute Gasteiger partial charge is 0.303 e. The Hall–Kier alpha value is -1.13. The average molecular weight is 251 g/mol. The third-order valence-electron chi connectivity index (χ3n) is 1.84. The zero-order chi connectivity index (χ0) is 11.6. The second kappa shape index (κ2) is 4.59. The standard InChI is InChI=1S/C9H8Cl2O4/c10-7-4(1-2-6(13)14)3-5(12)8(11)9(7)15/h3,12,15H,1-2H2,(H,13,14). The van der Waals surface area contributed by atoms with Gasteiger partial charge in [0.1, 0.15) is 10.8 Å². The van der Waals surface area contributed by atoms with Crippen LogP contribution < -0.4 is 0 Å². The fourth-order valence-electron chi connectivity index (χ4n) is 1.09. The number of carbonyl (C=O) groups is 1. The molecule has 0 unspecified atom stereocenters. The van der Waals surface area contributed by atoms with Crippen LogP contribution in [0, 0.1) is 0 Å². The van der Waals surface area contributed by atoms with E-state index in [1.807, 2.05) is 0 Å². The molecule has 0 heterocycles. The Labute approximate surface area is 95.7 Å². The van der Waals surface area contributed by atoms with E-state index in [9.17, 15) is 15.0 Å². The predicted molar refractivity (Wildman–Crippen MR) is 55.7 cm³/mol. The number of phenols is 2. The highest BCUT2D eigenvalue weighted by Gasteiger charge is 2.14. The van der Waals surface area contributed by atoms with Gasteiger partial charge >= 0.3 is 5.97 Å². The number of aryl methyl sites for hydroxylation is 1. The van der Waals surface area contributed by atoms with Gasteiger partial charge in [-0.1, -0.05) is 23.2 Å². The van der Waals surface area contributed by atoms with Gasteiger partial charge in [-0.2, -0.15) is 0 Å². The summed E-state index contributed by atoms with van der Waals surface area (Å²) in [5, 5.41) is 26.8. The SMILES string of the molecule is O=C(O)CCc1cc(O)c(Cl)c(O)c1Cl. The molecule has 0 saturated carbocycles. The lowest BCUT2D eigenvalue weighted by Crippen LogP contribution is -1.98. The minimum absolute atomic E-state index is 0.0287. The lowest BCUT2D eigenvalue weighted by molar-refractivity contribution is -0.136. The van der Waals surface area contributed by atoms with E-state index in [0.29, 0.717) is 5.56 Å². The van der Waals surface area contributed by atoms with Gasteiger partial charge in [-0.15, -0.1) is 0 Å². The van der Waals surface area contributed by atoms with Crippen LogP contribution in [0.3, 0.4) is 0 Å². The molecule has 6 heteroatoms. The topological polar surface area (TPSA) is 77.8 Å². The molecule has 4 nitrogen and oxygen atoms in total. The Bertz CT molecular complexity index is 404. The molecule has 0 saturated heterocycles. The highest BCUT2D eigenvalue weighted by atomic mass is 35.5. The van der Waals surface area contributed by atoms with Gasteiger partial charge in [-0.25, -0.2) is 0 Å². The lowest BCUT2D eigenvalue weighted by atomic mass is 10.1. The molecule has 0 amide bonds. The minimum atomic E-state index is -0.986. The largest absolute Gasteiger partial charge is 0.506 e. The van der Waals surface area contributed by atoms with Crippen molar-refractivity contribution < 1.29 is 20.1 Å². The van der Waals surface area contributed by atoms with Gasteiger partial charge in [-0.3, -0.25) is 4.79 Å². The molecule has 0 aromatic heterocycles. The van der Waals surface area contributed by atoms with E-state index in [-0.39, 0.29) is 28.6 Å². The average Bonchev–Trinajstić information content (AvgIpc) is 2.18. The summed E-state index contributed by atoms with van der Waals surface area (Å²) in [6.07, 6.45) is -0.0211. The van der Waals surface area contributed by atoms with E-state index in [2.05, 4.69) is 0 Å². The van der Waals surface area contributed by atoms with Crippen LogP contribution in [0.5, 0.6) is 11.5 Å². The molecule has 0 bridgehead atoms. The van der Waals surface area contributed by atoms with Crippen LogP contribution in [0.1, 0.15) is 12.0 Å². The molecule has 0 aliphatic heterocycles. The third-order valence-corrected chi connectivity index (χ3v) is 2.64. The van der Waals surface area contributed by atoms with Crippen molar-refractivity contribution in [1.29, 1.82) is 0 Å². The number of benzene rings is 1. The monoisotopic (exact) mass is 250 g/mol. The van der Waals surface area contributed by atoms with E-state index < -0.39 is 11.7 Å². The van der Waals surface area contributed by atoms with E-state index in [0.717, 1.165) is 0 Å². The summed E-state index contributed by atoms with van der Waals surface area (Å²) in [6.45, 7) is 0. The molecule has 1 aromatic rings. The molecular weight excluding hydrogens is 243 g/mol. The van der Waals surface area contributed by atoms with E-state index in [4.69, 9.17) is 28.3 Å². The minimum Gasteiger partial charge on any atom is -0.506 e. The van der Waals surface area contributed by atoms with Crippen LogP contribution in [0.15, 0.2) is 6.07 Å². The van der Waals surface area contributed by atoms with Crippen LogP contribution in [0.2, 0.25) is 10.0 Å². The van der Waals surface area contributed by atoms with Crippen LogP contribution >= 0.6 is 23.2 Å². The van der Waals surface area contributed by atoms with Crippen molar-refractivity contribution in [3.63, 3.8) is 0 Å². The molecule has 0 spiro atoms. The maximum absolute atomic E-state index is 10.3. The lowest BCUT2D eigenvalue weighted by Gasteiger charge is -2.07. The van der Waals surface area contributed by atoms with Crippen LogP contribution in [0.25, 0.3) is 0 Å². The summed E-state index contributed by atoms with van der Waals surface area (Å²) >= 11 is 11.2. The van der Waals surface area contributed by atoms with E-state index in [1.165, 1.54) is 6.07 Å². The Morgan fingerprint density at radius 2 is 1.87 bits per heavy atom. The van der Waals surface area contributed by atoms with Gasteiger partial charge in [0.2, 0.25) is 0 Å². The Kier molecular flexibility index (Phi) is 3.66. The number of carboxylic acids is 1. The van der Waals surface area contributed by atoms with Crippen molar-refractivity contribution in [2.24, 2.45) is 0 Å². The molecule has 1 aromatic carbocycles. The fraction of sp³-hybridized carbons (Fsp3) is 0.222. The van der Waals surface area contributed by atoms with Crippen LogP contribution in [0.4, 0.5) is 0 Å². The van der Waals surface area contributed by atoms with Crippen molar-refractivity contribution in [3.8, 4) is 11.5 Å². The molecule has 1 rings (SSSR count). The van der Waals surface area contributed by atoms with Crippen molar-refractivity contribution >= 4 is 29.2 Å². The second-order valence-electron chi connectivity index (χ2n) is 2.93. The van der Waals surface area contributed by atoms with E-state index in [1.54, 1.807) is 0 Å². The summed E-state index contributed by atoms with van der Waals surface area (Å²) in [5.41, 5.74) is 0.346. The fourth-order valence-corrected chi connectivity index (χ4v) is 1.53. The normalized spacial score (nSPS) is 10.3. The number of carboxylic acid groups (broad SMARTS) is 1. The first-order valence-corrected chi connectivity index (χ1v) is 4.79. The van der Waals surface area contributed by atoms with Crippen molar-refractivity contribution in [3.05, 3.63) is 21.7 Å². The maximum atomic E-state index is 10.3. The molecule has 0 aliphatic carbocycles. The number of phenolic OH excluding ortho intramolecular Hbond substituents is 2. The van der Waals surface area contributed by atoms with Gasteiger partial charge in [-0.05, 0) is 18.1 Å². The second-order valence-corrected chi connectivity index (χ2v) is 3.68. The van der Waals surface area contributed by atoms with Crippen LogP contribution in [-0.2, 0) is 11.2 Å². The zero-order valence-electron chi connectivity index (χ0n) is 7.50. The van der Waals surface area contributed by atoms with Crippen LogP contribution in [-0.4, -0.2) is 21.3 Å². The molecule has 0 atom stereocenters. The van der Waals surface area contributed by atoms with Crippen molar-refractivity contribution in [1.82, 2.24) is 0 Å². The summed E-state index contributed by atoms with van der Waals surface area (Å²) in [6, 6.07) is 1.24. The van der Waals surface area contributed by atoms with Gasteiger partial charge in [0.05, 0.1) is 5.02 Å². The van der Waals surface area contributed by atoms with Gasteiger partial charge in [0, 0.05) is 6.42 Å². The number of hydrogen-bond acceptors (Lipinski definition) is 3. The quantitative estimate of drug-likeness (QED) is 0.770. The number of aromatic hydroxyl groups is 2.